The van der Waals surface area contributed by atoms with Crippen LogP contribution < -0.4 is 27.0 Å². The molecule has 0 saturated carbocycles. The van der Waals surface area contributed by atoms with Crippen molar-refractivity contribution in [2.75, 3.05) is 31.1 Å². The maximum atomic E-state index is 12.0. The predicted molar refractivity (Wildman–Crippen MR) is 109 cm³/mol. The highest BCUT2D eigenvalue weighted by atomic mass is 32.2. The highest BCUT2D eigenvalue weighted by molar-refractivity contribution is 8.00. The molecular weight excluding hydrogens is 402 g/mol. The van der Waals surface area contributed by atoms with Crippen molar-refractivity contribution in [3.63, 3.8) is 0 Å². The second-order valence-electron chi connectivity index (χ2n) is 6.09. The molecule has 0 radical (unpaired) electrons. The van der Waals surface area contributed by atoms with E-state index in [0.29, 0.717) is 25.9 Å². The lowest BCUT2D eigenvalue weighted by molar-refractivity contribution is -0.138. The van der Waals surface area contributed by atoms with Gasteiger partial charge in [-0.05, 0) is 19.8 Å². The van der Waals surface area contributed by atoms with Crippen molar-refractivity contribution in [1.82, 2.24) is 21.3 Å². The van der Waals surface area contributed by atoms with Crippen LogP contribution in [0.15, 0.2) is 0 Å². The number of rotatable bonds is 15. The molecule has 0 aliphatic carbocycles. The summed E-state index contributed by atoms with van der Waals surface area (Å²) in [6.07, 6.45) is 1.15. The average Bonchev–Trinajstić information content (AvgIpc) is 2.68. The number of nitrogens with two attached hydrogens (primary N) is 1. The molecule has 0 aromatic heterocycles. The molecule has 0 aromatic carbocycles. The first-order valence-corrected chi connectivity index (χ1v) is 10.5. The van der Waals surface area contributed by atoms with Crippen LogP contribution in [-0.4, -0.2) is 77.9 Å². The summed E-state index contributed by atoms with van der Waals surface area (Å²) in [4.78, 5) is 57.5. The van der Waals surface area contributed by atoms with Crippen LogP contribution in [0.25, 0.3) is 0 Å². The fraction of sp³-hybridized carbons (Fsp3) is 0.706. The molecule has 0 spiro atoms. The third-order valence-electron chi connectivity index (χ3n) is 3.61. The molecule has 2 atom stereocenters. The smallest absolute Gasteiger partial charge is 0.322 e. The Hall–Kier alpha value is -2.34. The van der Waals surface area contributed by atoms with E-state index in [4.69, 9.17) is 10.8 Å². The Kier molecular flexibility index (Phi) is 14.3. The predicted octanol–water partition coefficient (Wildman–Crippen LogP) is -1.82. The second kappa shape index (κ2) is 15.6. The number of hydrogen-bond donors (Lipinski definition) is 6. The fourth-order valence-corrected chi connectivity index (χ4v) is 2.95. The van der Waals surface area contributed by atoms with Gasteiger partial charge in [-0.15, -0.1) is 11.8 Å². The molecule has 0 heterocycles. The first-order valence-electron chi connectivity index (χ1n) is 9.37. The van der Waals surface area contributed by atoms with Gasteiger partial charge in [0.15, 0.2) is 0 Å². The van der Waals surface area contributed by atoms with E-state index in [1.54, 1.807) is 13.8 Å². The van der Waals surface area contributed by atoms with Gasteiger partial charge in [0, 0.05) is 25.3 Å². The first kappa shape index (κ1) is 26.7. The number of thioether (sulfide) groups is 1. The van der Waals surface area contributed by atoms with Crippen LogP contribution in [0.3, 0.4) is 0 Å². The highest BCUT2D eigenvalue weighted by Gasteiger charge is 2.21. The van der Waals surface area contributed by atoms with Crippen molar-refractivity contribution in [2.45, 2.75) is 45.2 Å². The standard InChI is InChI=1S/C17H31N5O6S/c1-3-13(23)22-12(17(28)21-8-15(25)26)9-29-10-14(24)20-7-5-6-11(18)16(27)19-4-2/h11-12H,3-10,18H2,1-2H3,(H,19,27)(H,20,24)(H,21,28)(H,22,23)(H,25,26). The molecule has 0 aromatic rings. The molecule has 166 valence electrons. The topological polar surface area (TPSA) is 180 Å². The van der Waals surface area contributed by atoms with Gasteiger partial charge >= 0.3 is 5.97 Å². The van der Waals surface area contributed by atoms with Gasteiger partial charge in [0.2, 0.25) is 23.6 Å². The Bertz CT molecular complexity index is 575. The van der Waals surface area contributed by atoms with Crippen LogP contribution in [-0.2, 0) is 24.0 Å². The van der Waals surface area contributed by atoms with Gasteiger partial charge in [-0.25, -0.2) is 0 Å². The third kappa shape index (κ3) is 13.5. The number of nitrogens with one attached hydrogen (secondary N) is 4. The summed E-state index contributed by atoms with van der Waals surface area (Å²) in [5.74, 6) is -2.48. The summed E-state index contributed by atoms with van der Waals surface area (Å²) in [5, 5.41) is 18.7. The molecule has 0 saturated heterocycles. The summed E-state index contributed by atoms with van der Waals surface area (Å²) in [6, 6.07) is -1.55. The zero-order valence-electron chi connectivity index (χ0n) is 16.8. The van der Waals surface area contributed by atoms with Crippen LogP contribution in [0.2, 0.25) is 0 Å². The molecule has 29 heavy (non-hydrogen) atoms. The molecule has 0 aliphatic rings. The summed E-state index contributed by atoms with van der Waals surface area (Å²) < 4.78 is 0. The molecule has 11 nitrogen and oxygen atoms in total. The number of carboxylic acid groups (broad SMARTS) is 1. The van der Waals surface area contributed by atoms with E-state index in [1.807, 2.05) is 0 Å². The molecule has 0 fully saturated rings. The first-order chi connectivity index (χ1) is 13.7. The minimum Gasteiger partial charge on any atom is -0.480 e. The van der Waals surface area contributed by atoms with Gasteiger partial charge in [0.1, 0.15) is 12.6 Å². The van der Waals surface area contributed by atoms with E-state index >= 15 is 0 Å². The number of likely N-dealkylation sites (N-methyl/N-ethyl adjacent to an activating group) is 1. The molecule has 4 amide bonds. The largest absolute Gasteiger partial charge is 0.480 e. The SMILES string of the molecule is CCNC(=O)C(N)CCCNC(=O)CSCC(NC(=O)CC)C(=O)NCC(=O)O. The van der Waals surface area contributed by atoms with Crippen molar-refractivity contribution >= 4 is 41.4 Å². The van der Waals surface area contributed by atoms with Crippen molar-refractivity contribution < 1.29 is 29.1 Å². The number of carbonyl (C=O) groups excluding carboxylic acids is 4. The number of hydrogen-bond acceptors (Lipinski definition) is 7. The second-order valence-corrected chi connectivity index (χ2v) is 7.12. The lowest BCUT2D eigenvalue weighted by Crippen LogP contribution is -2.49. The zero-order chi connectivity index (χ0) is 22.2. The summed E-state index contributed by atoms with van der Waals surface area (Å²) in [7, 11) is 0. The van der Waals surface area contributed by atoms with Crippen molar-refractivity contribution in [3.05, 3.63) is 0 Å². The lowest BCUT2D eigenvalue weighted by atomic mass is 10.1. The number of carbonyl (C=O) groups is 5. The monoisotopic (exact) mass is 433 g/mol. The van der Waals surface area contributed by atoms with E-state index < -0.39 is 30.5 Å². The maximum absolute atomic E-state index is 12.0. The van der Waals surface area contributed by atoms with E-state index in [9.17, 15) is 24.0 Å². The number of amides is 4. The van der Waals surface area contributed by atoms with Gasteiger partial charge in [0.25, 0.3) is 0 Å². The van der Waals surface area contributed by atoms with Crippen LogP contribution in [0, 0.1) is 0 Å². The summed E-state index contributed by atoms with van der Waals surface area (Å²) in [6.45, 7) is 3.74. The van der Waals surface area contributed by atoms with E-state index in [-0.39, 0.29) is 35.6 Å². The van der Waals surface area contributed by atoms with E-state index in [1.165, 1.54) is 0 Å². The number of aliphatic carboxylic acids is 1. The lowest BCUT2D eigenvalue weighted by Gasteiger charge is -2.17. The molecule has 0 bridgehead atoms. The van der Waals surface area contributed by atoms with Gasteiger partial charge < -0.3 is 32.1 Å². The third-order valence-corrected chi connectivity index (χ3v) is 4.64. The van der Waals surface area contributed by atoms with Gasteiger partial charge in [-0.2, -0.15) is 0 Å². The van der Waals surface area contributed by atoms with E-state index in [0.717, 1.165) is 11.8 Å². The summed E-state index contributed by atoms with van der Waals surface area (Å²) in [5.41, 5.74) is 5.72. The Balaban J connectivity index is 4.22. The van der Waals surface area contributed by atoms with Crippen LogP contribution in [0.5, 0.6) is 0 Å². The van der Waals surface area contributed by atoms with Crippen LogP contribution in [0.4, 0.5) is 0 Å². The summed E-state index contributed by atoms with van der Waals surface area (Å²) >= 11 is 1.14. The number of carboxylic acids is 1. The highest BCUT2D eigenvalue weighted by Crippen LogP contribution is 2.04. The zero-order valence-corrected chi connectivity index (χ0v) is 17.6. The van der Waals surface area contributed by atoms with Gasteiger partial charge in [-0.1, -0.05) is 6.92 Å². The van der Waals surface area contributed by atoms with Gasteiger partial charge in [-0.3, -0.25) is 24.0 Å². The Labute approximate surface area is 174 Å². The van der Waals surface area contributed by atoms with Crippen molar-refractivity contribution in [2.24, 2.45) is 5.73 Å². The van der Waals surface area contributed by atoms with Crippen molar-refractivity contribution in [3.8, 4) is 0 Å². The quantitative estimate of drug-likeness (QED) is 0.163. The van der Waals surface area contributed by atoms with E-state index in [2.05, 4.69) is 21.3 Å². The fourth-order valence-electron chi connectivity index (χ4n) is 2.07. The van der Waals surface area contributed by atoms with Gasteiger partial charge in [0.05, 0.1) is 11.8 Å². The normalized spacial score (nSPS) is 12.4. The minimum atomic E-state index is -1.20. The molecule has 0 rings (SSSR count). The Morgan fingerprint density at radius 1 is 1.00 bits per heavy atom. The molecular formula is C17H31N5O6S. The molecule has 2 unspecified atom stereocenters. The molecule has 7 N–H and O–H groups in total. The molecule has 12 heteroatoms. The van der Waals surface area contributed by atoms with Crippen LogP contribution >= 0.6 is 11.8 Å². The molecule has 0 aliphatic heterocycles. The minimum absolute atomic E-state index is 0.0626. The van der Waals surface area contributed by atoms with Crippen molar-refractivity contribution in [1.29, 1.82) is 0 Å². The Morgan fingerprint density at radius 2 is 1.69 bits per heavy atom. The van der Waals surface area contributed by atoms with Crippen LogP contribution in [0.1, 0.15) is 33.1 Å². The average molecular weight is 434 g/mol. The maximum Gasteiger partial charge on any atom is 0.322 e. The Morgan fingerprint density at radius 3 is 2.28 bits per heavy atom.